The number of nitrogens with one attached hydrogen (secondary N) is 2. The number of aromatic nitrogens is 2. The second-order valence-electron chi connectivity index (χ2n) is 16.8. The van der Waals surface area contributed by atoms with Crippen LogP contribution in [0, 0.1) is 5.41 Å². The van der Waals surface area contributed by atoms with Gasteiger partial charge in [0, 0.05) is 49.2 Å². The Hall–Kier alpha value is -4.88. The van der Waals surface area contributed by atoms with Crippen molar-refractivity contribution in [1.29, 1.82) is 0 Å². The van der Waals surface area contributed by atoms with Crippen molar-refractivity contribution in [3.8, 4) is 11.1 Å². The third-order valence-electron chi connectivity index (χ3n) is 12.8. The van der Waals surface area contributed by atoms with E-state index in [1.54, 1.807) is 48.8 Å². The Morgan fingerprint density at radius 1 is 0.797 bits per heavy atom. The van der Waals surface area contributed by atoms with Crippen molar-refractivity contribution in [3.05, 3.63) is 105 Å². The van der Waals surface area contributed by atoms with Crippen LogP contribution in [0.5, 0.6) is 0 Å². The van der Waals surface area contributed by atoms with Gasteiger partial charge in [0.1, 0.15) is 17.4 Å². The number of hydrogen-bond donors (Lipinski definition) is 4. The Kier molecular flexibility index (Phi) is 11.8. The van der Waals surface area contributed by atoms with Gasteiger partial charge in [-0.1, -0.05) is 53.9 Å². The normalized spacial score (nSPS) is 22.3. The second-order valence-corrected chi connectivity index (χ2v) is 17.5. The predicted octanol–water partition coefficient (Wildman–Crippen LogP) is 8.66. The molecule has 12 nitrogen and oxygen atoms in total. The number of amides is 2. The molecule has 0 spiro atoms. The standard InChI is InChI=1S/C45H48Cl2N6O6/c1-45(44(58)59)16-13-30(14-17-45)52-19-15-27-20-36(48-22-28(27)24-52)41(54)50-34-8-4-6-31(39(34)46)32-7-5-9-35(40(32)47)51-42(55)37-21-33(26-11-12-26)29(23-49-37)25-53-18-3-2-10-38(53)43(56)57/h4-9,20-23,26,30,38H,2-3,10-19,24-25H2,1H3,(H,50,54)(H,51,55)(H,56,57)(H,58,59)/t30-,38-,45-/m0/s1. The first kappa shape index (κ1) is 40.9. The number of hydrogen-bond acceptors (Lipinski definition) is 8. The maximum absolute atomic E-state index is 13.6. The quantitative estimate of drug-likeness (QED) is 0.115. The molecule has 1 saturated heterocycles. The molecule has 2 aliphatic heterocycles. The van der Waals surface area contributed by atoms with Crippen molar-refractivity contribution in [2.24, 2.45) is 5.41 Å². The van der Waals surface area contributed by atoms with Crippen LogP contribution in [0.2, 0.25) is 10.0 Å². The van der Waals surface area contributed by atoms with Gasteiger partial charge < -0.3 is 20.8 Å². The van der Waals surface area contributed by atoms with Crippen LogP contribution in [0.25, 0.3) is 11.1 Å². The number of carbonyl (C=O) groups excluding carboxylic acids is 2. The predicted molar refractivity (Wildman–Crippen MR) is 226 cm³/mol. The number of carboxylic acids is 2. The number of piperidine rings is 1. The highest BCUT2D eigenvalue weighted by molar-refractivity contribution is 6.40. The molecule has 59 heavy (non-hydrogen) atoms. The molecular formula is C45H48Cl2N6O6. The number of aliphatic carboxylic acids is 2. The highest BCUT2D eigenvalue weighted by Gasteiger charge is 2.39. The summed E-state index contributed by atoms with van der Waals surface area (Å²) in [4.78, 5) is 64.3. The van der Waals surface area contributed by atoms with Crippen molar-refractivity contribution in [1.82, 2.24) is 19.8 Å². The number of nitrogens with zero attached hydrogens (tertiary/aromatic N) is 4. The van der Waals surface area contributed by atoms with E-state index in [0.717, 1.165) is 73.7 Å². The van der Waals surface area contributed by atoms with E-state index in [1.807, 2.05) is 24.0 Å². The summed E-state index contributed by atoms with van der Waals surface area (Å²) in [5.41, 5.74) is 5.87. The number of carbonyl (C=O) groups is 4. The number of benzene rings is 2. The summed E-state index contributed by atoms with van der Waals surface area (Å²) in [6.45, 7) is 4.58. The lowest BCUT2D eigenvalue weighted by Crippen LogP contribution is -2.44. The molecule has 0 bridgehead atoms. The minimum Gasteiger partial charge on any atom is -0.481 e. The van der Waals surface area contributed by atoms with Gasteiger partial charge in [0.05, 0.1) is 26.8 Å². The van der Waals surface area contributed by atoms with Gasteiger partial charge in [-0.15, -0.1) is 0 Å². The molecule has 14 heteroatoms. The second kappa shape index (κ2) is 17.0. The van der Waals surface area contributed by atoms with Gasteiger partial charge in [0.15, 0.2) is 0 Å². The lowest BCUT2D eigenvalue weighted by atomic mass is 9.73. The molecule has 8 rings (SSSR count). The molecule has 2 aromatic heterocycles. The molecule has 2 amide bonds. The zero-order chi connectivity index (χ0) is 41.4. The first-order valence-corrected chi connectivity index (χ1v) is 21.2. The molecule has 2 aromatic carbocycles. The Morgan fingerprint density at radius 2 is 1.42 bits per heavy atom. The molecule has 1 atom stereocenters. The maximum Gasteiger partial charge on any atom is 0.320 e. The smallest absolute Gasteiger partial charge is 0.320 e. The summed E-state index contributed by atoms with van der Waals surface area (Å²) < 4.78 is 0. The molecule has 4 aliphatic rings. The lowest BCUT2D eigenvalue weighted by Gasteiger charge is -2.41. The van der Waals surface area contributed by atoms with Crippen LogP contribution in [0.1, 0.15) is 114 Å². The van der Waals surface area contributed by atoms with E-state index >= 15 is 0 Å². The number of anilines is 2. The van der Waals surface area contributed by atoms with Crippen LogP contribution in [-0.4, -0.2) is 78.9 Å². The number of rotatable bonds is 11. The largest absolute Gasteiger partial charge is 0.481 e. The minimum atomic E-state index is -0.805. The van der Waals surface area contributed by atoms with Crippen LogP contribution in [0.4, 0.5) is 11.4 Å². The molecule has 0 unspecified atom stereocenters. The molecule has 0 radical (unpaired) electrons. The molecule has 2 aliphatic carbocycles. The highest BCUT2D eigenvalue weighted by atomic mass is 35.5. The minimum absolute atomic E-state index is 0.246. The fourth-order valence-corrected chi connectivity index (χ4v) is 9.52. The fraction of sp³-hybridized carbons (Fsp3) is 0.422. The van der Waals surface area contributed by atoms with Crippen molar-refractivity contribution < 1.29 is 29.4 Å². The number of likely N-dealkylation sites (tertiary alicyclic amines) is 1. The van der Waals surface area contributed by atoms with E-state index in [1.165, 1.54) is 0 Å². The summed E-state index contributed by atoms with van der Waals surface area (Å²) >= 11 is 13.9. The Morgan fingerprint density at radius 3 is 2.03 bits per heavy atom. The fourth-order valence-electron chi connectivity index (χ4n) is 8.97. The van der Waals surface area contributed by atoms with Crippen LogP contribution >= 0.6 is 23.2 Å². The third-order valence-corrected chi connectivity index (χ3v) is 13.6. The summed E-state index contributed by atoms with van der Waals surface area (Å²) in [6, 6.07) is 14.0. The number of fused-ring (bicyclic) bond motifs is 1. The summed E-state index contributed by atoms with van der Waals surface area (Å²) in [7, 11) is 0. The molecule has 4 heterocycles. The molecule has 4 aromatic rings. The van der Waals surface area contributed by atoms with Gasteiger partial charge in [-0.05, 0) is 124 Å². The Labute approximate surface area is 353 Å². The van der Waals surface area contributed by atoms with E-state index in [0.29, 0.717) is 73.4 Å². The molecule has 4 N–H and O–H groups in total. The molecule has 2 saturated carbocycles. The maximum atomic E-state index is 13.6. The van der Waals surface area contributed by atoms with E-state index < -0.39 is 35.2 Å². The van der Waals surface area contributed by atoms with Crippen molar-refractivity contribution >= 4 is 58.3 Å². The monoisotopic (exact) mass is 838 g/mol. The first-order chi connectivity index (χ1) is 28.4. The van der Waals surface area contributed by atoms with Crippen molar-refractivity contribution in [2.45, 2.75) is 102 Å². The van der Waals surface area contributed by atoms with Crippen molar-refractivity contribution in [2.75, 3.05) is 23.7 Å². The van der Waals surface area contributed by atoms with Crippen LogP contribution < -0.4 is 10.6 Å². The van der Waals surface area contributed by atoms with E-state index in [2.05, 4.69) is 25.5 Å². The van der Waals surface area contributed by atoms with Gasteiger partial charge in [0.25, 0.3) is 11.8 Å². The van der Waals surface area contributed by atoms with Crippen LogP contribution in [0.3, 0.4) is 0 Å². The summed E-state index contributed by atoms with van der Waals surface area (Å²) in [5, 5.41) is 25.8. The van der Waals surface area contributed by atoms with E-state index in [9.17, 15) is 29.4 Å². The summed E-state index contributed by atoms with van der Waals surface area (Å²) in [5.74, 6) is -2.03. The SMILES string of the molecule is C[C@]1(C(=O)O)CC[C@H](N2CCc3cc(C(=O)Nc4cccc(-c5cccc(NC(=O)c6cc(C7CC7)c(CN7CCCC[C@H]7C(=O)O)cn6)c5Cl)c4Cl)ncc3C2)CC1. The van der Waals surface area contributed by atoms with Crippen molar-refractivity contribution in [3.63, 3.8) is 0 Å². The average molecular weight is 840 g/mol. The van der Waals surface area contributed by atoms with Gasteiger partial charge in [-0.25, -0.2) is 0 Å². The molecule has 3 fully saturated rings. The zero-order valence-electron chi connectivity index (χ0n) is 33.0. The third kappa shape index (κ3) is 8.73. The van der Waals surface area contributed by atoms with E-state index in [-0.39, 0.29) is 21.4 Å². The number of halogens is 2. The number of carboxylic acid groups (broad SMARTS) is 2. The van der Waals surface area contributed by atoms with Crippen LogP contribution in [-0.2, 0) is 29.1 Å². The zero-order valence-corrected chi connectivity index (χ0v) is 34.5. The Balaban J connectivity index is 0.935. The molecule has 308 valence electrons. The average Bonchev–Trinajstić information content (AvgIpc) is 4.08. The highest BCUT2D eigenvalue weighted by Crippen LogP contribution is 2.44. The van der Waals surface area contributed by atoms with E-state index in [4.69, 9.17) is 23.2 Å². The molecular weight excluding hydrogens is 791 g/mol. The van der Waals surface area contributed by atoms with Gasteiger partial charge in [-0.3, -0.25) is 38.9 Å². The summed E-state index contributed by atoms with van der Waals surface area (Å²) in [6.07, 6.45) is 11.8. The van der Waals surface area contributed by atoms with Gasteiger partial charge >= 0.3 is 11.9 Å². The first-order valence-electron chi connectivity index (χ1n) is 20.5. The van der Waals surface area contributed by atoms with Gasteiger partial charge in [-0.2, -0.15) is 0 Å². The van der Waals surface area contributed by atoms with Crippen LogP contribution in [0.15, 0.2) is 60.9 Å². The lowest BCUT2D eigenvalue weighted by molar-refractivity contribution is -0.150. The Bertz CT molecular complexity index is 2310. The number of pyridine rings is 2. The van der Waals surface area contributed by atoms with Gasteiger partial charge in [0.2, 0.25) is 0 Å². The topological polar surface area (TPSA) is 165 Å².